The monoisotopic (exact) mass is 299 g/mol. The van der Waals surface area contributed by atoms with Crippen molar-refractivity contribution in [3.8, 4) is 0 Å². The molecule has 1 aliphatic carbocycles. The van der Waals surface area contributed by atoms with Gasteiger partial charge in [-0.25, -0.2) is 0 Å². The van der Waals surface area contributed by atoms with Crippen LogP contribution < -0.4 is 5.32 Å². The van der Waals surface area contributed by atoms with Crippen molar-refractivity contribution in [2.45, 2.75) is 58.0 Å². The quantitative estimate of drug-likeness (QED) is 0.827. The topological polar surface area (TPSA) is 12.0 Å². The Morgan fingerprint density at radius 3 is 2.62 bits per heavy atom. The predicted molar refractivity (Wildman–Crippen MR) is 92.1 cm³/mol. The first kappa shape index (κ1) is 14.8. The molecule has 0 aliphatic heterocycles. The molecule has 3 rings (SSSR count). The molecule has 2 unspecified atom stereocenters. The molecule has 1 aromatic carbocycles. The Kier molecular flexibility index (Phi) is 4.77. The first-order valence-electron chi connectivity index (χ1n) is 8.14. The lowest BCUT2D eigenvalue weighted by Crippen LogP contribution is -2.30. The molecule has 21 heavy (non-hydrogen) atoms. The van der Waals surface area contributed by atoms with E-state index in [2.05, 4.69) is 55.6 Å². The molecule has 0 spiro atoms. The minimum absolute atomic E-state index is 0.458. The van der Waals surface area contributed by atoms with Crippen LogP contribution >= 0.6 is 11.3 Å². The van der Waals surface area contributed by atoms with E-state index in [9.17, 15) is 0 Å². The summed E-state index contributed by atoms with van der Waals surface area (Å²) < 4.78 is 0. The van der Waals surface area contributed by atoms with Gasteiger partial charge in [0.05, 0.1) is 0 Å². The van der Waals surface area contributed by atoms with Crippen LogP contribution in [-0.2, 0) is 19.3 Å². The second-order valence-corrected chi connectivity index (χ2v) is 7.45. The van der Waals surface area contributed by atoms with Gasteiger partial charge in [0, 0.05) is 21.8 Å². The van der Waals surface area contributed by atoms with Crippen LogP contribution in [0.4, 0.5) is 0 Å². The largest absolute Gasteiger partial charge is 0.307 e. The molecule has 2 heteroatoms. The fourth-order valence-electron chi connectivity index (χ4n) is 3.26. The van der Waals surface area contributed by atoms with E-state index in [-0.39, 0.29) is 0 Å². The molecule has 0 radical (unpaired) electrons. The van der Waals surface area contributed by atoms with E-state index in [4.69, 9.17) is 0 Å². The Morgan fingerprint density at radius 1 is 1.10 bits per heavy atom. The van der Waals surface area contributed by atoms with Crippen LogP contribution in [0, 0.1) is 0 Å². The Hall–Kier alpha value is -1.12. The van der Waals surface area contributed by atoms with Gasteiger partial charge in [0.1, 0.15) is 0 Å². The maximum Gasteiger partial charge on any atom is 0.0388 e. The Balaban J connectivity index is 1.60. The van der Waals surface area contributed by atoms with Crippen LogP contribution in [0.1, 0.15) is 53.6 Å². The number of rotatable bonds is 5. The second kappa shape index (κ2) is 6.76. The van der Waals surface area contributed by atoms with Crippen LogP contribution in [0.15, 0.2) is 36.4 Å². The highest BCUT2D eigenvalue weighted by Crippen LogP contribution is 2.32. The second-order valence-electron chi connectivity index (χ2n) is 6.28. The van der Waals surface area contributed by atoms with Gasteiger partial charge in [-0.2, -0.15) is 0 Å². The third kappa shape index (κ3) is 3.75. The molecule has 2 atom stereocenters. The molecule has 1 aliphatic rings. The molecule has 1 N–H and O–H groups in total. The molecule has 1 aromatic heterocycles. The zero-order valence-electron chi connectivity index (χ0n) is 13.1. The lowest BCUT2D eigenvalue weighted by molar-refractivity contribution is 0.481. The summed E-state index contributed by atoms with van der Waals surface area (Å²) in [6.45, 7) is 4.59. The summed E-state index contributed by atoms with van der Waals surface area (Å²) in [6, 6.07) is 14.2. The zero-order chi connectivity index (χ0) is 14.7. The van der Waals surface area contributed by atoms with Gasteiger partial charge in [0.25, 0.3) is 0 Å². The van der Waals surface area contributed by atoms with Gasteiger partial charge in [-0.15, -0.1) is 11.3 Å². The van der Waals surface area contributed by atoms with Crippen molar-refractivity contribution in [3.63, 3.8) is 0 Å². The molecule has 0 fully saturated rings. The fraction of sp³-hybridized carbons (Fsp3) is 0.474. The van der Waals surface area contributed by atoms with Crippen molar-refractivity contribution < 1.29 is 0 Å². The highest BCUT2D eigenvalue weighted by atomic mass is 32.1. The minimum atomic E-state index is 0.458. The highest BCUT2D eigenvalue weighted by molar-refractivity contribution is 7.12. The van der Waals surface area contributed by atoms with Gasteiger partial charge in [0.2, 0.25) is 0 Å². The number of nitrogens with one attached hydrogen (secondary N) is 1. The van der Waals surface area contributed by atoms with E-state index in [1.165, 1.54) is 36.1 Å². The summed E-state index contributed by atoms with van der Waals surface area (Å²) in [5.41, 5.74) is 3.03. The van der Waals surface area contributed by atoms with Crippen LogP contribution in [0.25, 0.3) is 0 Å². The van der Waals surface area contributed by atoms with Gasteiger partial charge in [-0.3, -0.25) is 0 Å². The molecule has 0 saturated carbocycles. The van der Waals surface area contributed by atoms with Crippen LogP contribution in [-0.4, -0.2) is 6.04 Å². The maximum atomic E-state index is 3.76. The van der Waals surface area contributed by atoms with Crippen molar-refractivity contribution in [3.05, 3.63) is 57.3 Å². The van der Waals surface area contributed by atoms with Gasteiger partial charge >= 0.3 is 0 Å². The van der Waals surface area contributed by atoms with Crippen molar-refractivity contribution >= 4 is 11.3 Å². The van der Waals surface area contributed by atoms with Crippen LogP contribution in [0.2, 0.25) is 0 Å². The molecule has 1 nitrogen and oxygen atoms in total. The molecule has 0 bridgehead atoms. The minimum Gasteiger partial charge on any atom is -0.307 e. The lowest BCUT2D eigenvalue weighted by atomic mass is 9.99. The Labute approximate surface area is 132 Å². The first-order chi connectivity index (χ1) is 10.2. The number of hydrogen-bond donors (Lipinski definition) is 1. The molecular formula is C19H25NS. The standard InChI is InChI=1S/C19H25NS/c1-14(12-16-8-4-3-5-9-16)20-15(2)19-13-17-10-6-7-11-18(17)21-19/h3-5,8-9,13-15,20H,6-7,10-12H2,1-2H3. The van der Waals surface area contributed by atoms with E-state index in [1.54, 1.807) is 10.4 Å². The van der Waals surface area contributed by atoms with Crippen molar-refractivity contribution in [2.75, 3.05) is 0 Å². The predicted octanol–water partition coefficient (Wildman–Crippen LogP) is 4.91. The smallest absolute Gasteiger partial charge is 0.0388 e. The Bertz CT molecular complexity index is 549. The average Bonchev–Trinajstić information content (AvgIpc) is 2.92. The van der Waals surface area contributed by atoms with Gasteiger partial charge in [0.15, 0.2) is 0 Å². The summed E-state index contributed by atoms with van der Waals surface area (Å²) in [6.07, 6.45) is 6.43. The number of thiophene rings is 1. The van der Waals surface area contributed by atoms with E-state index < -0.39 is 0 Å². The molecular weight excluding hydrogens is 274 g/mol. The average molecular weight is 299 g/mol. The van der Waals surface area contributed by atoms with Crippen LogP contribution in [0.3, 0.4) is 0 Å². The third-order valence-corrected chi connectivity index (χ3v) is 5.78. The van der Waals surface area contributed by atoms with Gasteiger partial charge in [-0.05, 0) is 63.1 Å². The molecule has 0 amide bonds. The number of benzene rings is 1. The van der Waals surface area contributed by atoms with E-state index in [1.807, 2.05) is 11.3 Å². The number of fused-ring (bicyclic) bond motifs is 1. The van der Waals surface area contributed by atoms with E-state index in [0.29, 0.717) is 12.1 Å². The van der Waals surface area contributed by atoms with Crippen molar-refractivity contribution in [1.82, 2.24) is 5.32 Å². The number of aryl methyl sites for hydroxylation is 2. The summed E-state index contributed by atoms with van der Waals surface area (Å²) in [5.74, 6) is 0. The molecule has 112 valence electrons. The zero-order valence-corrected chi connectivity index (χ0v) is 13.9. The van der Waals surface area contributed by atoms with Gasteiger partial charge < -0.3 is 5.32 Å². The summed E-state index contributed by atoms with van der Waals surface area (Å²) in [7, 11) is 0. The lowest BCUT2D eigenvalue weighted by Gasteiger charge is -2.19. The summed E-state index contributed by atoms with van der Waals surface area (Å²) in [5, 5.41) is 3.76. The van der Waals surface area contributed by atoms with E-state index >= 15 is 0 Å². The SMILES string of the molecule is CC(Cc1ccccc1)NC(C)c1cc2c(s1)CCCC2. The van der Waals surface area contributed by atoms with Crippen molar-refractivity contribution in [2.24, 2.45) is 0 Å². The van der Waals surface area contributed by atoms with Crippen LogP contribution in [0.5, 0.6) is 0 Å². The molecule has 1 heterocycles. The van der Waals surface area contributed by atoms with Crippen molar-refractivity contribution in [1.29, 1.82) is 0 Å². The normalized spacial score (nSPS) is 17.2. The highest BCUT2D eigenvalue weighted by Gasteiger charge is 2.17. The van der Waals surface area contributed by atoms with Gasteiger partial charge in [-0.1, -0.05) is 30.3 Å². The maximum absolute atomic E-state index is 3.76. The first-order valence-corrected chi connectivity index (χ1v) is 8.95. The summed E-state index contributed by atoms with van der Waals surface area (Å²) >= 11 is 2.03. The fourth-order valence-corrected chi connectivity index (χ4v) is 4.53. The Morgan fingerprint density at radius 2 is 1.86 bits per heavy atom. The van der Waals surface area contributed by atoms with E-state index in [0.717, 1.165) is 6.42 Å². The molecule has 2 aromatic rings. The third-order valence-electron chi connectivity index (χ3n) is 4.36. The summed E-state index contributed by atoms with van der Waals surface area (Å²) in [4.78, 5) is 3.16. The molecule has 0 saturated heterocycles. The number of hydrogen-bond acceptors (Lipinski definition) is 2.